The zero-order valence-electron chi connectivity index (χ0n) is 11.7. The standard InChI is InChI=1S/C7H16.2C2H6.H4N2.H3N/c1-5-7(4)6(2)3;3*1-2;/h6-7H,5H2,1-4H3;2*1-2H3;1-2H2;1H3. The molecule has 0 bridgehead atoms. The Balaban J connectivity index is -0.0000000332. The highest BCUT2D eigenvalue weighted by molar-refractivity contribution is 4.52. The summed E-state index contributed by atoms with van der Waals surface area (Å²) in [6, 6.07) is 0. The number of hydrazine groups is 1. The highest BCUT2D eigenvalue weighted by Crippen LogP contribution is 2.11. The predicted octanol–water partition coefficient (Wildman–Crippen LogP) is 3.72. The van der Waals surface area contributed by atoms with Crippen molar-refractivity contribution >= 4 is 0 Å². The minimum atomic E-state index is 0. The van der Waals surface area contributed by atoms with Gasteiger partial charge in [-0.15, -0.1) is 0 Å². The first-order chi connectivity index (χ1) is 6.18. The van der Waals surface area contributed by atoms with E-state index in [1.54, 1.807) is 0 Å². The second kappa shape index (κ2) is 38.4. The number of rotatable bonds is 2. The average Bonchev–Trinajstić information content (AvgIpc) is 2.25. The summed E-state index contributed by atoms with van der Waals surface area (Å²) in [6.45, 7) is 17.1. The van der Waals surface area contributed by atoms with Gasteiger partial charge in [0, 0.05) is 0 Å². The van der Waals surface area contributed by atoms with Crippen LogP contribution in [0.5, 0.6) is 0 Å². The zero-order chi connectivity index (χ0) is 11.9. The van der Waals surface area contributed by atoms with Gasteiger partial charge in [-0.1, -0.05) is 61.8 Å². The molecule has 0 aliphatic heterocycles. The van der Waals surface area contributed by atoms with Gasteiger partial charge in [0.15, 0.2) is 0 Å². The van der Waals surface area contributed by atoms with Crippen LogP contribution in [-0.2, 0) is 0 Å². The zero-order valence-corrected chi connectivity index (χ0v) is 11.7. The van der Waals surface area contributed by atoms with Crippen molar-refractivity contribution in [3.63, 3.8) is 0 Å². The summed E-state index contributed by atoms with van der Waals surface area (Å²) in [5.41, 5.74) is 0. The molecule has 0 fully saturated rings. The summed E-state index contributed by atoms with van der Waals surface area (Å²) in [6.07, 6.45) is 1.32. The maximum absolute atomic E-state index is 4.00. The highest BCUT2D eigenvalue weighted by Gasteiger charge is 2.01. The van der Waals surface area contributed by atoms with Crippen molar-refractivity contribution < 1.29 is 0 Å². The molecule has 3 nitrogen and oxygen atoms in total. The number of hydrogen-bond acceptors (Lipinski definition) is 3. The van der Waals surface area contributed by atoms with Crippen LogP contribution in [0.25, 0.3) is 0 Å². The summed E-state index contributed by atoms with van der Waals surface area (Å²) in [5.74, 6) is 9.77. The summed E-state index contributed by atoms with van der Waals surface area (Å²) in [4.78, 5) is 0. The van der Waals surface area contributed by atoms with Crippen LogP contribution in [0.1, 0.15) is 61.8 Å². The average molecular weight is 209 g/mol. The van der Waals surface area contributed by atoms with E-state index in [1.807, 2.05) is 27.7 Å². The van der Waals surface area contributed by atoms with Crippen molar-refractivity contribution in [2.45, 2.75) is 61.8 Å². The number of nitrogens with two attached hydrogens (primary N) is 2. The molecule has 94 valence electrons. The second-order valence-corrected chi connectivity index (χ2v) is 2.63. The molecule has 1 unspecified atom stereocenters. The first kappa shape index (κ1) is 29.2. The molecule has 0 amide bonds. The molecule has 0 heterocycles. The van der Waals surface area contributed by atoms with Gasteiger partial charge in [0.2, 0.25) is 0 Å². The molecule has 0 radical (unpaired) electrons. The van der Waals surface area contributed by atoms with E-state index in [9.17, 15) is 0 Å². The molecule has 0 aromatic heterocycles. The molecule has 0 spiro atoms. The van der Waals surface area contributed by atoms with Gasteiger partial charge in [-0.3, -0.25) is 11.7 Å². The molecule has 0 saturated heterocycles. The van der Waals surface area contributed by atoms with Gasteiger partial charge in [0.25, 0.3) is 0 Å². The van der Waals surface area contributed by atoms with E-state index >= 15 is 0 Å². The van der Waals surface area contributed by atoms with Gasteiger partial charge in [-0.25, -0.2) is 0 Å². The van der Waals surface area contributed by atoms with E-state index in [0.717, 1.165) is 11.8 Å². The van der Waals surface area contributed by atoms with Crippen molar-refractivity contribution in [2.24, 2.45) is 23.5 Å². The van der Waals surface area contributed by atoms with Crippen LogP contribution in [0.2, 0.25) is 0 Å². The minimum Gasteiger partial charge on any atom is -0.344 e. The van der Waals surface area contributed by atoms with Crippen LogP contribution in [0.15, 0.2) is 0 Å². The van der Waals surface area contributed by atoms with E-state index < -0.39 is 0 Å². The fourth-order valence-electron chi connectivity index (χ4n) is 0.471. The lowest BCUT2D eigenvalue weighted by Gasteiger charge is -2.10. The largest absolute Gasteiger partial charge is 0.344 e. The van der Waals surface area contributed by atoms with Crippen LogP contribution < -0.4 is 17.8 Å². The Morgan fingerprint density at radius 2 is 1.07 bits per heavy atom. The van der Waals surface area contributed by atoms with Gasteiger partial charge in [-0.2, -0.15) is 0 Å². The fourth-order valence-corrected chi connectivity index (χ4v) is 0.471. The maximum atomic E-state index is 4.00. The third-order valence-corrected chi connectivity index (χ3v) is 1.78. The van der Waals surface area contributed by atoms with E-state index in [4.69, 9.17) is 0 Å². The van der Waals surface area contributed by atoms with E-state index in [-0.39, 0.29) is 6.15 Å². The number of hydrogen-bond donors (Lipinski definition) is 3. The van der Waals surface area contributed by atoms with Gasteiger partial charge < -0.3 is 6.15 Å². The first-order valence-corrected chi connectivity index (χ1v) is 5.51. The second-order valence-electron chi connectivity index (χ2n) is 2.63. The normalized spacial score (nSPS) is 8.79. The van der Waals surface area contributed by atoms with Crippen molar-refractivity contribution in [3.05, 3.63) is 0 Å². The molecule has 14 heavy (non-hydrogen) atoms. The summed E-state index contributed by atoms with van der Waals surface area (Å²) < 4.78 is 0. The molecule has 3 heteroatoms. The van der Waals surface area contributed by atoms with E-state index in [0.29, 0.717) is 0 Å². The monoisotopic (exact) mass is 209 g/mol. The van der Waals surface area contributed by atoms with Crippen LogP contribution in [0.4, 0.5) is 0 Å². The Morgan fingerprint density at radius 3 is 1.07 bits per heavy atom. The quantitative estimate of drug-likeness (QED) is 0.478. The molecular weight excluding hydrogens is 174 g/mol. The molecule has 7 N–H and O–H groups in total. The Kier molecular flexibility index (Phi) is 80.1. The van der Waals surface area contributed by atoms with Crippen LogP contribution >= 0.6 is 0 Å². The molecule has 0 aromatic carbocycles. The molecule has 0 aliphatic rings. The van der Waals surface area contributed by atoms with Crippen molar-refractivity contribution in [1.82, 2.24) is 6.15 Å². The SMILES string of the molecule is CC.CC.CCC(C)C(C)C.N.NN. The fraction of sp³-hybridized carbons (Fsp3) is 1.00. The minimum absolute atomic E-state index is 0. The third kappa shape index (κ3) is 40.7. The smallest absolute Gasteiger partial charge is 0.0422 e. The van der Waals surface area contributed by atoms with Gasteiger partial charge in [0.05, 0.1) is 0 Å². The van der Waals surface area contributed by atoms with Crippen molar-refractivity contribution in [2.75, 3.05) is 0 Å². The molecule has 1 atom stereocenters. The van der Waals surface area contributed by atoms with Crippen molar-refractivity contribution in [3.8, 4) is 0 Å². The Hall–Kier alpha value is -0.120. The molecule has 0 rings (SSSR count). The maximum Gasteiger partial charge on any atom is -0.0422 e. The van der Waals surface area contributed by atoms with Crippen LogP contribution in [-0.4, -0.2) is 0 Å². The summed E-state index contributed by atoms with van der Waals surface area (Å²) in [7, 11) is 0. The van der Waals surface area contributed by atoms with Gasteiger partial charge in [0.1, 0.15) is 0 Å². The lowest BCUT2D eigenvalue weighted by atomic mass is 9.96. The Morgan fingerprint density at radius 1 is 0.857 bits per heavy atom. The van der Waals surface area contributed by atoms with Gasteiger partial charge >= 0.3 is 0 Å². The lowest BCUT2D eigenvalue weighted by Crippen LogP contribution is -2.02. The Labute approximate surface area is 92.2 Å². The van der Waals surface area contributed by atoms with E-state index in [2.05, 4.69) is 39.4 Å². The molecule has 0 saturated carbocycles. The van der Waals surface area contributed by atoms with Crippen LogP contribution in [0.3, 0.4) is 0 Å². The Bertz CT molecular complexity index is 47.8. The highest BCUT2D eigenvalue weighted by atomic mass is 15.0. The van der Waals surface area contributed by atoms with E-state index in [1.165, 1.54) is 6.42 Å². The first-order valence-electron chi connectivity index (χ1n) is 5.51. The topological polar surface area (TPSA) is 87.0 Å². The predicted molar refractivity (Wildman–Crippen MR) is 70.4 cm³/mol. The molecular formula is C11H35N3. The van der Waals surface area contributed by atoms with Gasteiger partial charge in [-0.05, 0) is 11.8 Å². The summed E-state index contributed by atoms with van der Waals surface area (Å²) in [5, 5.41) is 0. The van der Waals surface area contributed by atoms with Crippen molar-refractivity contribution in [1.29, 1.82) is 0 Å². The summed E-state index contributed by atoms with van der Waals surface area (Å²) >= 11 is 0. The van der Waals surface area contributed by atoms with Crippen LogP contribution in [0, 0.1) is 11.8 Å². The third-order valence-electron chi connectivity index (χ3n) is 1.78. The lowest BCUT2D eigenvalue weighted by molar-refractivity contribution is 0.407. The molecule has 0 aromatic rings. The molecule has 0 aliphatic carbocycles.